The van der Waals surface area contributed by atoms with Gasteiger partial charge in [-0.25, -0.2) is 0 Å². The van der Waals surface area contributed by atoms with Gasteiger partial charge in [0.05, 0.1) is 0 Å². The van der Waals surface area contributed by atoms with Gasteiger partial charge in [0.25, 0.3) is 0 Å². The summed E-state index contributed by atoms with van der Waals surface area (Å²) in [7, 11) is 0. The minimum atomic E-state index is -0.100. The van der Waals surface area contributed by atoms with Gasteiger partial charge in [-0.3, -0.25) is 9.59 Å². The zero-order valence-corrected chi connectivity index (χ0v) is 15.1. The number of anilines is 2. The number of piperidine rings is 1. The molecule has 0 aliphatic carbocycles. The van der Waals surface area contributed by atoms with Gasteiger partial charge in [-0.1, -0.05) is 18.2 Å². The van der Waals surface area contributed by atoms with Crippen LogP contribution in [0, 0.1) is 0 Å². The highest BCUT2D eigenvalue weighted by Crippen LogP contribution is 2.20. The molecule has 1 amide bonds. The molecule has 4 nitrogen and oxygen atoms in total. The van der Waals surface area contributed by atoms with Gasteiger partial charge in [0.1, 0.15) is 0 Å². The van der Waals surface area contributed by atoms with Gasteiger partial charge in [0.15, 0.2) is 5.78 Å². The predicted molar refractivity (Wildman–Crippen MR) is 107 cm³/mol. The lowest BCUT2D eigenvalue weighted by molar-refractivity contribution is -0.114. The Bertz CT molecular complexity index is 786. The van der Waals surface area contributed by atoms with Gasteiger partial charge in [0.2, 0.25) is 5.91 Å². The Kier molecular flexibility index (Phi) is 5.84. The topological polar surface area (TPSA) is 49.4 Å². The number of benzene rings is 2. The Labute approximate surface area is 154 Å². The number of ketones is 1. The van der Waals surface area contributed by atoms with E-state index in [1.165, 1.54) is 31.9 Å². The molecule has 0 unspecified atom stereocenters. The van der Waals surface area contributed by atoms with Crippen LogP contribution in [0.25, 0.3) is 6.08 Å². The first-order chi connectivity index (χ1) is 12.6. The summed E-state index contributed by atoms with van der Waals surface area (Å²) in [6.07, 6.45) is 7.17. The monoisotopic (exact) mass is 348 g/mol. The molecular formula is C22H24N2O2. The van der Waals surface area contributed by atoms with Crippen LogP contribution in [0.3, 0.4) is 0 Å². The number of hydrogen-bond donors (Lipinski definition) is 1. The summed E-state index contributed by atoms with van der Waals surface area (Å²) >= 11 is 0. The molecule has 26 heavy (non-hydrogen) atoms. The lowest BCUT2D eigenvalue weighted by atomic mass is 10.1. The van der Waals surface area contributed by atoms with Crippen LogP contribution in [0.1, 0.15) is 42.1 Å². The summed E-state index contributed by atoms with van der Waals surface area (Å²) in [5.41, 5.74) is 3.54. The SMILES string of the molecule is CC(=O)Nc1ccc(/C=C/C(=O)c2ccc(N3CCCCC3)cc2)cc1. The second-order valence-electron chi connectivity index (χ2n) is 6.60. The highest BCUT2D eigenvalue weighted by molar-refractivity contribution is 6.07. The minimum absolute atomic E-state index is 0.0128. The maximum Gasteiger partial charge on any atom is 0.221 e. The number of nitrogens with zero attached hydrogens (tertiary/aromatic N) is 1. The molecule has 0 saturated carbocycles. The van der Waals surface area contributed by atoms with Crippen molar-refractivity contribution in [2.24, 2.45) is 0 Å². The van der Waals surface area contributed by atoms with E-state index in [4.69, 9.17) is 0 Å². The molecule has 4 heteroatoms. The smallest absolute Gasteiger partial charge is 0.221 e. The molecule has 0 radical (unpaired) electrons. The third-order valence-electron chi connectivity index (χ3n) is 4.53. The van der Waals surface area contributed by atoms with E-state index in [2.05, 4.69) is 10.2 Å². The Morgan fingerprint density at radius 2 is 1.58 bits per heavy atom. The lowest BCUT2D eigenvalue weighted by Gasteiger charge is -2.28. The van der Waals surface area contributed by atoms with Crippen molar-refractivity contribution in [3.8, 4) is 0 Å². The molecule has 134 valence electrons. The minimum Gasteiger partial charge on any atom is -0.372 e. The fourth-order valence-electron chi connectivity index (χ4n) is 3.14. The van der Waals surface area contributed by atoms with Crippen molar-refractivity contribution < 1.29 is 9.59 Å². The van der Waals surface area contributed by atoms with Gasteiger partial charge >= 0.3 is 0 Å². The number of nitrogens with one attached hydrogen (secondary N) is 1. The number of carbonyl (C=O) groups is 2. The third-order valence-corrected chi connectivity index (χ3v) is 4.53. The first-order valence-corrected chi connectivity index (χ1v) is 9.07. The largest absolute Gasteiger partial charge is 0.372 e. The summed E-state index contributed by atoms with van der Waals surface area (Å²) in [5.74, 6) is -0.113. The van der Waals surface area contributed by atoms with E-state index < -0.39 is 0 Å². The van der Waals surface area contributed by atoms with Crippen molar-refractivity contribution >= 4 is 29.1 Å². The number of carbonyl (C=O) groups excluding carboxylic acids is 2. The van der Waals surface area contributed by atoms with Crippen LogP contribution in [-0.4, -0.2) is 24.8 Å². The fraction of sp³-hybridized carbons (Fsp3) is 0.273. The van der Waals surface area contributed by atoms with Crippen LogP contribution in [0.2, 0.25) is 0 Å². The fourth-order valence-corrected chi connectivity index (χ4v) is 3.14. The van der Waals surface area contributed by atoms with Crippen molar-refractivity contribution in [3.63, 3.8) is 0 Å². The van der Waals surface area contributed by atoms with Crippen LogP contribution >= 0.6 is 0 Å². The van der Waals surface area contributed by atoms with E-state index in [1.807, 2.05) is 48.5 Å². The lowest BCUT2D eigenvalue weighted by Crippen LogP contribution is -2.29. The second-order valence-corrected chi connectivity index (χ2v) is 6.60. The Hall–Kier alpha value is -2.88. The summed E-state index contributed by atoms with van der Waals surface area (Å²) in [4.78, 5) is 25.8. The molecule has 1 heterocycles. The second kappa shape index (κ2) is 8.48. The van der Waals surface area contributed by atoms with Crippen molar-refractivity contribution in [3.05, 3.63) is 65.7 Å². The van der Waals surface area contributed by atoms with Gasteiger partial charge in [-0.15, -0.1) is 0 Å². The molecule has 1 saturated heterocycles. The molecule has 1 aliphatic heterocycles. The number of amides is 1. The summed E-state index contributed by atoms with van der Waals surface area (Å²) < 4.78 is 0. The normalized spacial score (nSPS) is 14.4. The van der Waals surface area contributed by atoms with E-state index in [0.29, 0.717) is 5.56 Å². The first kappa shape index (κ1) is 17.9. The maximum atomic E-state index is 12.4. The molecule has 1 fully saturated rings. The highest BCUT2D eigenvalue weighted by Gasteiger charge is 2.11. The summed E-state index contributed by atoms with van der Waals surface area (Å²) in [6.45, 7) is 3.67. The summed E-state index contributed by atoms with van der Waals surface area (Å²) in [5, 5.41) is 2.72. The van der Waals surface area contributed by atoms with Crippen LogP contribution in [0.5, 0.6) is 0 Å². The molecule has 0 aromatic heterocycles. The molecule has 2 aromatic rings. The standard InChI is InChI=1S/C22H24N2O2/c1-17(25)23-20-10-5-18(6-11-20)7-14-22(26)19-8-12-21(13-9-19)24-15-3-2-4-16-24/h5-14H,2-4,15-16H2,1H3,(H,23,25)/b14-7+. The zero-order valence-electron chi connectivity index (χ0n) is 15.1. The van der Waals surface area contributed by atoms with Gasteiger partial charge in [-0.05, 0) is 67.3 Å². The van der Waals surface area contributed by atoms with E-state index in [0.717, 1.165) is 24.3 Å². The molecule has 2 aromatic carbocycles. The molecule has 1 N–H and O–H groups in total. The van der Waals surface area contributed by atoms with Gasteiger partial charge in [0, 0.05) is 37.0 Å². The van der Waals surface area contributed by atoms with Crippen molar-refractivity contribution in [1.29, 1.82) is 0 Å². The van der Waals surface area contributed by atoms with Crippen molar-refractivity contribution in [2.75, 3.05) is 23.3 Å². The van der Waals surface area contributed by atoms with Gasteiger partial charge < -0.3 is 10.2 Å². The average molecular weight is 348 g/mol. The van der Waals surface area contributed by atoms with Crippen LogP contribution in [0.15, 0.2) is 54.6 Å². The Morgan fingerprint density at radius 1 is 0.923 bits per heavy atom. The number of rotatable bonds is 5. The van der Waals surface area contributed by atoms with E-state index >= 15 is 0 Å². The average Bonchev–Trinajstić information content (AvgIpc) is 2.67. The third kappa shape index (κ3) is 4.82. The molecular weight excluding hydrogens is 324 g/mol. The first-order valence-electron chi connectivity index (χ1n) is 9.07. The number of hydrogen-bond acceptors (Lipinski definition) is 3. The van der Waals surface area contributed by atoms with Gasteiger partial charge in [-0.2, -0.15) is 0 Å². The molecule has 0 atom stereocenters. The van der Waals surface area contributed by atoms with Crippen LogP contribution in [0.4, 0.5) is 11.4 Å². The van der Waals surface area contributed by atoms with Crippen molar-refractivity contribution in [1.82, 2.24) is 0 Å². The number of allylic oxidation sites excluding steroid dienone is 1. The van der Waals surface area contributed by atoms with Crippen molar-refractivity contribution in [2.45, 2.75) is 26.2 Å². The maximum absolute atomic E-state index is 12.4. The Morgan fingerprint density at radius 3 is 2.19 bits per heavy atom. The zero-order chi connectivity index (χ0) is 18.4. The van der Waals surface area contributed by atoms with Crippen LogP contribution < -0.4 is 10.2 Å². The molecule has 0 bridgehead atoms. The molecule has 1 aliphatic rings. The summed E-state index contributed by atoms with van der Waals surface area (Å²) in [6, 6.07) is 15.2. The highest BCUT2D eigenvalue weighted by atomic mass is 16.1. The van der Waals surface area contributed by atoms with Crippen LogP contribution in [-0.2, 0) is 4.79 Å². The molecule has 3 rings (SSSR count). The van der Waals surface area contributed by atoms with E-state index in [1.54, 1.807) is 12.2 Å². The van der Waals surface area contributed by atoms with E-state index in [-0.39, 0.29) is 11.7 Å². The predicted octanol–water partition coefficient (Wildman–Crippen LogP) is 4.53. The Balaban J connectivity index is 1.61. The van der Waals surface area contributed by atoms with E-state index in [9.17, 15) is 9.59 Å². The molecule has 0 spiro atoms. The quantitative estimate of drug-likeness (QED) is 0.638.